The van der Waals surface area contributed by atoms with Gasteiger partial charge in [-0.2, -0.15) is 0 Å². The predicted molar refractivity (Wildman–Crippen MR) is 59.9 cm³/mol. The second kappa shape index (κ2) is 3.77. The van der Waals surface area contributed by atoms with Gasteiger partial charge in [0.2, 0.25) is 0 Å². The standard InChI is InChI=1S/C12H13FN2/c1-2-15-8-9(7-12(15)14)10-5-3-4-6-11(10)13/h3-8H,2,14H2,1H3. The van der Waals surface area contributed by atoms with Gasteiger partial charge in [-0.05, 0) is 19.1 Å². The van der Waals surface area contributed by atoms with E-state index in [0.29, 0.717) is 11.4 Å². The van der Waals surface area contributed by atoms with Crippen molar-refractivity contribution in [3.8, 4) is 11.1 Å². The summed E-state index contributed by atoms with van der Waals surface area (Å²) in [5, 5.41) is 0. The van der Waals surface area contributed by atoms with Crippen LogP contribution in [0.5, 0.6) is 0 Å². The molecule has 3 heteroatoms. The minimum Gasteiger partial charge on any atom is -0.385 e. The third-order valence-corrected chi connectivity index (χ3v) is 2.46. The molecule has 1 aromatic heterocycles. The van der Waals surface area contributed by atoms with Crippen molar-refractivity contribution in [2.45, 2.75) is 13.5 Å². The summed E-state index contributed by atoms with van der Waals surface area (Å²) in [6.45, 7) is 2.79. The van der Waals surface area contributed by atoms with Crippen molar-refractivity contribution in [2.75, 3.05) is 5.73 Å². The maximum absolute atomic E-state index is 13.5. The topological polar surface area (TPSA) is 30.9 Å². The number of rotatable bonds is 2. The van der Waals surface area contributed by atoms with E-state index in [9.17, 15) is 4.39 Å². The van der Waals surface area contributed by atoms with E-state index in [1.165, 1.54) is 6.07 Å². The molecule has 2 N–H and O–H groups in total. The summed E-state index contributed by atoms with van der Waals surface area (Å²) in [5.74, 6) is 0.446. The fourth-order valence-corrected chi connectivity index (χ4v) is 1.64. The highest BCUT2D eigenvalue weighted by Crippen LogP contribution is 2.25. The number of hydrogen-bond donors (Lipinski definition) is 1. The summed E-state index contributed by atoms with van der Waals surface area (Å²) in [5.41, 5.74) is 7.20. The largest absolute Gasteiger partial charge is 0.385 e. The number of nitrogens with two attached hydrogens (primary N) is 1. The molecule has 0 spiro atoms. The van der Waals surface area contributed by atoms with E-state index >= 15 is 0 Å². The molecule has 0 amide bonds. The number of halogens is 1. The first-order chi connectivity index (χ1) is 7.22. The summed E-state index contributed by atoms with van der Waals surface area (Å²) < 4.78 is 15.4. The minimum atomic E-state index is -0.217. The first-order valence-electron chi connectivity index (χ1n) is 4.93. The van der Waals surface area contributed by atoms with Gasteiger partial charge in [-0.3, -0.25) is 0 Å². The minimum absolute atomic E-state index is 0.217. The van der Waals surface area contributed by atoms with Gasteiger partial charge >= 0.3 is 0 Å². The van der Waals surface area contributed by atoms with Crippen LogP contribution >= 0.6 is 0 Å². The highest BCUT2D eigenvalue weighted by Gasteiger charge is 2.07. The molecule has 0 aliphatic heterocycles. The normalized spacial score (nSPS) is 10.5. The molecule has 2 aromatic rings. The lowest BCUT2D eigenvalue weighted by atomic mass is 10.1. The summed E-state index contributed by atoms with van der Waals surface area (Å²) in [7, 11) is 0. The Morgan fingerprint density at radius 3 is 2.67 bits per heavy atom. The first-order valence-corrected chi connectivity index (χ1v) is 4.93. The van der Waals surface area contributed by atoms with Crippen LogP contribution in [0, 0.1) is 5.82 Å². The number of aromatic nitrogens is 1. The fourth-order valence-electron chi connectivity index (χ4n) is 1.64. The van der Waals surface area contributed by atoms with Crippen LogP contribution in [0.3, 0.4) is 0 Å². The highest BCUT2D eigenvalue weighted by molar-refractivity contribution is 5.67. The van der Waals surface area contributed by atoms with E-state index in [1.54, 1.807) is 18.2 Å². The molecule has 0 fully saturated rings. The van der Waals surface area contributed by atoms with Gasteiger partial charge in [-0.25, -0.2) is 4.39 Å². The van der Waals surface area contributed by atoms with E-state index in [2.05, 4.69) is 0 Å². The van der Waals surface area contributed by atoms with Crippen LogP contribution in [-0.2, 0) is 6.54 Å². The lowest BCUT2D eigenvalue weighted by Gasteiger charge is -1.99. The molecule has 2 nitrogen and oxygen atoms in total. The maximum atomic E-state index is 13.5. The van der Waals surface area contributed by atoms with Crippen molar-refractivity contribution in [1.82, 2.24) is 4.57 Å². The molecule has 0 radical (unpaired) electrons. The third-order valence-electron chi connectivity index (χ3n) is 2.46. The van der Waals surface area contributed by atoms with Gasteiger partial charge in [-0.1, -0.05) is 18.2 Å². The van der Waals surface area contributed by atoms with Gasteiger partial charge in [-0.15, -0.1) is 0 Å². The van der Waals surface area contributed by atoms with Gasteiger partial charge in [0.1, 0.15) is 11.6 Å². The SMILES string of the molecule is CCn1cc(-c2ccccc2F)cc1N. The van der Waals surface area contributed by atoms with Crippen molar-refractivity contribution < 1.29 is 4.39 Å². The van der Waals surface area contributed by atoms with E-state index in [0.717, 1.165) is 12.1 Å². The van der Waals surface area contributed by atoms with E-state index in [-0.39, 0.29) is 5.82 Å². The lowest BCUT2D eigenvalue weighted by molar-refractivity contribution is 0.631. The van der Waals surface area contributed by atoms with Gasteiger partial charge in [0.25, 0.3) is 0 Å². The maximum Gasteiger partial charge on any atom is 0.131 e. The van der Waals surface area contributed by atoms with Crippen LogP contribution in [-0.4, -0.2) is 4.57 Å². The van der Waals surface area contributed by atoms with Crippen LogP contribution in [0.15, 0.2) is 36.5 Å². The summed E-state index contributed by atoms with van der Waals surface area (Å²) in [4.78, 5) is 0. The number of benzene rings is 1. The molecule has 1 aromatic carbocycles. The molecule has 0 aliphatic carbocycles. The Labute approximate surface area is 88.1 Å². The quantitative estimate of drug-likeness (QED) is 0.801. The lowest BCUT2D eigenvalue weighted by Crippen LogP contribution is -1.97. The Balaban J connectivity index is 2.50. The highest BCUT2D eigenvalue weighted by atomic mass is 19.1. The Morgan fingerprint density at radius 1 is 1.33 bits per heavy atom. The average molecular weight is 204 g/mol. The fraction of sp³-hybridized carbons (Fsp3) is 0.167. The van der Waals surface area contributed by atoms with Crippen molar-refractivity contribution in [2.24, 2.45) is 0 Å². The van der Waals surface area contributed by atoms with Crippen molar-refractivity contribution in [1.29, 1.82) is 0 Å². The Bertz CT molecular complexity index is 474. The van der Waals surface area contributed by atoms with Gasteiger partial charge < -0.3 is 10.3 Å². The van der Waals surface area contributed by atoms with Crippen LogP contribution < -0.4 is 5.73 Å². The molecule has 0 saturated heterocycles. The Morgan fingerprint density at radius 2 is 2.07 bits per heavy atom. The molecule has 0 bridgehead atoms. The molecular weight excluding hydrogens is 191 g/mol. The van der Waals surface area contributed by atoms with Crippen LogP contribution in [0.2, 0.25) is 0 Å². The molecule has 0 aliphatic rings. The van der Waals surface area contributed by atoms with Crippen molar-refractivity contribution in [3.63, 3.8) is 0 Å². The monoisotopic (exact) mass is 204 g/mol. The van der Waals surface area contributed by atoms with Crippen LogP contribution in [0.25, 0.3) is 11.1 Å². The number of anilines is 1. The van der Waals surface area contributed by atoms with Crippen molar-refractivity contribution in [3.05, 3.63) is 42.3 Å². The number of hydrogen-bond acceptors (Lipinski definition) is 1. The summed E-state index contributed by atoms with van der Waals surface area (Å²) in [6, 6.07) is 8.50. The van der Waals surface area contributed by atoms with Crippen LogP contribution in [0.4, 0.5) is 10.2 Å². The Hall–Kier alpha value is -1.77. The first kappa shape index (κ1) is 9.77. The molecule has 0 saturated carbocycles. The Kier molecular flexibility index (Phi) is 2.46. The second-order valence-corrected chi connectivity index (χ2v) is 3.42. The van der Waals surface area contributed by atoms with Crippen LogP contribution in [0.1, 0.15) is 6.92 Å². The molecule has 2 rings (SSSR count). The number of nitrogens with zero attached hydrogens (tertiary/aromatic N) is 1. The zero-order valence-corrected chi connectivity index (χ0v) is 8.57. The second-order valence-electron chi connectivity index (χ2n) is 3.42. The molecular formula is C12H13FN2. The van der Waals surface area contributed by atoms with Crippen molar-refractivity contribution >= 4 is 5.82 Å². The van der Waals surface area contributed by atoms with Gasteiger partial charge in [0.15, 0.2) is 0 Å². The van der Waals surface area contributed by atoms with E-state index < -0.39 is 0 Å². The molecule has 15 heavy (non-hydrogen) atoms. The third kappa shape index (κ3) is 1.73. The van der Waals surface area contributed by atoms with E-state index in [4.69, 9.17) is 5.73 Å². The van der Waals surface area contributed by atoms with Gasteiger partial charge in [0.05, 0.1) is 0 Å². The molecule has 1 heterocycles. The predicted octanol–water partition coefficient (Wildman–Crippen LogP) is 2.90. The molecule has 0 atom stereocenters. The zero-order chi connectivity index (χ0) is 10.8. The molecule has 0 unspecified atom stereocenters. The summed E-state index contributed by atoms with van der Waals surface area (Å²) >= 11 is 0. The summed E-state index contributed by atoms with van der Waals surface area (Å²) in [6.07, 6.45) is 1.87. The molecule has 78 valence electrons. The zero-order valence-electron chi connectivity index (χ0n) is 8.57. The van der Waals surface area contributed by atoms with E-state index in [1.807, 2.05) is 23.8 Å². The smallest absolute Gasteiger partial charge is 0.131 e. The van der Waals surface area contributed by atoms with Gasteiger partial charge in [0, 0.05) is 23.9 Å². The number of nitrogen functional groups attached to an aromatic ring is 1. The number of aryl methyl sites for hydroxylation is 1. The average Bonchev–Trinajstić information content (AvgIpc) is 2.60.